The summed E-state index contributed by atoms with van der Waals surface area (Å²) in [5.41, 5.74) is 1.61. The van der Waals surface area contributed by atoms with Crippen molar-refractivity contribution in [1.82, 2.24) is 4.90 Å². The Balaban J connectivity index is 1.52. The molecule has 2 aromatic rings. The first-order valence-corrected chi connectivity index (χ1v) is 9.65. The summed E-state index contributed by atoms with van der Waals surface area (Å²) in [4.78, 5) is 14.8. The van der Waals surface area contributed by atoms with Crippen LogP contribution in [0.4, 0.5) is 14.5 Å². The number of para-hydroxylation sites is 2. The van der Waals surface area contributed by atoms with E-state index >= 15 is 0 Å². The Kier molecular flexibility index (Phi) is 6.98. The van der Waals surface area contributed by atoms with Crippen molar-refractivity contribution in [2.24, 2.45) is 5.92 Å². The predicted octanol–water partition coefficient (Wildman–Crippen LogP) is 4.57. The van der Waals surface area contributed by atoms with Gasteiger partial charge in [0.2, 0.25) is 5.91 Å². The summed E-state index contributed by atoms with van der Waals surface area (Å²) in [5.74, 6) is 0.375. The van der Waals surface area contributed by atoms with E-state index in [2.05, 4.69) is 39.2 Å². The molecule has 0 aromatic heterocycles. The van der Waals surface area contributed by atoms with Crippen LogP contribution in [0.3, 0.4) is 0 Å². The summed E-state index contributed by atoms with van der Waals surface area (Å²) >= 11 is 0. The van der Waals surface area contributed by atoms with Crippen LogP contribution in [0.15, 0.2) is 54.6 Å². The Hall–Kier alpha value is -2.47. The van der Waals surface area contributed by atoms with Crippen molar-refractivity contribution in [3.05, 3.63) is 60.2 Å². The van der Waals surface area contributed by atoms with Gasteiger partial charge in [-0.3, -0.25) is 9.69 Å². The summed E-state index contributed by atoms with van der Waals surface area (Å²) < 4.78 is 29.6. The average molecular weight is 388 g/mol. The number of benzene rings is 2. The fourth-order valence-electron chi connectivity index (χ4n) is 3.66. The van der Waals surface area contributed by atoms with Gasteiger partial charge in [-0.15, -0.1) is 0 Å². The molecule has 28 heavy (non-hydrogen) atoms. The molecule has 1 amide bonds. The summed E-state index contributed by atoms with van der Waals surface area (Å²) in [6, 6.07) is 16.4. The van der Waals surface area contributed by atoms with Crippen molar-refractivity contribution in [3.63, 3.8) is 0 Å². The van der Waals surface area contributed by atoms with Crippen LogP contribution < -0.4 is 10.1 Å². The van der Waals surface area contributed by atoms with E-state index in [4.69, 9.17) is 0 Å². The summed E-state index contributed by atoms with van der Waals surface area (Å²) in [6.45, 7) is 0.616. The van der Waals surface area contributed by atoms with Crippen molar-refractivity contribution >= 4 is 11.6 Å². The predicted molar refractivity (Wildman–Crippen MR) is 106 cm³/mol. The lowest BCUT2D eigenvalue weighted by Gasteiger charge is -2.35. The van der Waals surface area contributed by atoms with Crippen LogP contribution in [0.2, 0.25) is 0 Å². The van der Waals surface area contributed by atoms with Crippen molar-refractivity contribution in [3.8, 4) is 5.75 Å². The third kappa shape index (κ3) is 5.52. The molecule has 0 unspecified atom stereocenters. The van der Waals surface area contributed by atoms with Crippen LogP contribution in [-0.2, 0) is 11.2 Å². The van der Waals surface area contributed by atoms with E-state index in [0.717, 1.165) is 32.4 Å². The van der Waals surface area contributed by atoms with Gasteiger partial charge in [-0.25, -0.2) is 0 Å². The van der Waals surface area contributed by atoms with Gasteiger partial charge in [0.1, 0.15) is 5.75 Å². The van der Waals surface area contributed by atoms with Gasteiger partial charge in [-0.1, -0.05) is 42.5 Å². The van der Waals surface area contributed by atoms with E-state index in [9.17, 15) is 13.6 Å². The first-order chi connectivity index (χ1) is 13.5. The number of piperidine rings is 1. The lowest BCUT2D eigenvalue weighted by Crippen LogP contribution is -2.46. The Morgan fingerprint density at radius 1 is 1.11 bits per heavy atom. The second-order valence-electron chi connectivity index (χ2n) is 7.21. The van der Waals surface area contributed by atoms with Crippen LogP contribution in [0, 0.1) is 5.92 Å². The Morgan fingerprint density at radius 2 is 1.75 bits per heavy atom. The highest BCUT2D eigenvalue weighted by Gasteiger charge is 2.27. The first kappa shape index (κ1) is 20.3. The van der Waals surface area contributed by atoms with E-state index in [0.29, 0.717) is 5.92 Å². The zero-order valence-electron chi connectivity index (χ0n) is 16.0. The van der Waals surface area contributed by atoms with Crippen LogP contribution in [-0.4, -0.2) is 36.5 Å². The zero-order chi connectivity index (χ0) is 19.9. The van der Waals surface area contributed by atoms with E-state index in [1.165, 1.54) is 11.6 Å². The highest BCUT2D eigenvalue weighted by Crippen LogP contribution is 2.27. The summed E-state index contributed by atoms with van der Waals surface area (Å²) in [5, 5.41) is 2.73. The molecule has 0 spiro atoms. The number of nitrogens with one attached hydrogen (secondary N) is 1. The van der Waals surface area contributed by atoms with Crippen LogP contribution in [0.5, 0.6) is 5.75 Å². The molecule has 2 aromatic carbocycles. The number of halogens is 2. The minimum absolute atomic E-state index is 0.0281. The zero-order valence-corrected chi connectivity index (χ0v) is 16.0. The van der Waals surface area contributed by atoms with E-state index < -0.39 is 6.61 Å². The first-order valence-electron chi connectivity index (χ1n) is 9.65. The molecular weight excluding hydrogens is 362 g/mol. The summed E-state index contributed by atoms with van der Waals surface area (Å²) in [6.07, 6.45) is 3.14. The minimum atomic E-state index is -2.93. The molecule has 1 aliphatic rings. The van der Waals surface area contributed by atoms with Gasteiger partial charge in [0.25, 0.3) is 0 Å². The molecule has 6 heteroatoms. The lowest BCUT2D eigenvalue weighted by atomic mass is 9.89. The number of hydrogen-bond acceptors (Lipinski definition) is 3. The van der Waals surface area contributed by atoms with Gasteiger partial charge in [-0.2, -0.15) is 8.78 Å². The Labute approximate surface area is 164 Å². The molecular formula is C22H26F2N2O2. The molecule has 0 aliphatic carbocycles. The van der Waals surface area contributed by atoms with Crippen molar-refractivity contribution < 1.29 is 18.3 Å². The summed E-state index contributed by atoms with van der Waals surface area (Å²) in [7, 11) is 0. The number of ether oxygens (including phenoxy) is 1. The number of amides is 1. The highest BCUT2D eigenvalue weighted by molar-refractivity contribution is 5.95. The standard InChI is InChI=1S/C22H26F2N2O2/c1-16(21(27)25-19-9-5-6-10-20(19)28-22(23)24)26-13-11-18(12-14-26)15-17-7-3-2-4-8-17/h2-10,16,18,22H,11-15H2,1H3,(H,25,27)/t16-/m1/s1. The van der Waals surface area contributed by atoms with Gasteiger partial charge in [-0.05, 0) is 62.9 Å². The molecule has 1 saturated heterocycles. The Bertz CT molecular complexity index is 762. The monoisotopic (exact) mass is 388 g/mol. The second-order valence-corrected chi connectivity index (χ2v) is 7.21. The van der Waals surface area contributed by atoms with Crippen LogP contribution in [0.1, 0.15) is 25.3 Å². The maximum Gasteiger partial charge on any atom is 0.387 e. The fraction of sp³-hybridized carbons (Fsp3) is 0.409. The number of likely N-dealkylation sites (tertiary alicyclic amines) is 1. The number of rotatable bonds is 7. The van der Waals surface area contributed by atoms with Gasteiger partial charge >= 0.3 is 6.61 Å². The fourth-order valence-corrected chi connectivity index (χ4v) is 3.66. The Morgan fingerprint density at radius 3 is 2.43 bits per heavy atom. The van der Waals surface area contributed by atoms with Crippen molar-refractivity contribution in [1.29, 1.82) is 0 Å². The molecule has 1 atom stereocenters. The second kappa shape index (κ2) is 9.64. The third-order valence-corrected chi connectivity index (χ3v) is 5.30. The van der Waals surface area contributed by atoms with E-state index in [1.54, 1.807) is 18.2 Å². The molecule has 3 rings (SSSR count). The molecule has 1 N–H and O–H groups in total. The molecule has 1 heterocycles. The third-order valence-electron chi connectivity index (χ3n) is 5.30. The lowest BCUT2D eigenvalue weighted by molar-refractivity contribution is -0.121. The normalized spacial score (nSPS) is 16.7. The van der Waals surface area contributed by atoms with Crippen LogP contribution >= 0.6 is 0 Å². The SMILES string of the molecule is C[C@H](C(=O)Nc1ccccc1OC(F)F)N1CCC(Cc2ccccc2)CC1. The van der Waals surface area contributed by atoms with Crippen LogP contribution in [0.25, 0.3) is 0 Å². The number of nitrogens with zero attached hydrogens (tertiary/aromatic N) is 1. The highest BCUT2D eigenvalue weighted by atomic mass is 19.3. The molecule has 1 aliphatic heterocycles. The molecule has 0 radical (unpaired) electrons. The number of anilines is 1. The number of hydrogen-bond donors (Lipinski definition) is 1. The van der Waals surface area contributed by atoms with Gasteiger partial charge < -0.3 is 10.1 Å². The molecule has 150 valence electrons. The topological polar surface area (TPSA) is 41.6 Å². The molecule has 0 bridgehead atoms. The van der Waals surface area contributed by atoms with Gasteiger partial charge in [0.05, 0.1) is 11.7 Å². The number of carbonyl (C=O) groups is 1. The number of alkyl halides is 2. The van der Waals surface area contributed by atoms with Crippen molar-refractivity contribution in [2.75, 3.05) is 18.4 Å². The average Bonchev–Trinajstić information content (AvgIpc) is 2.70. The quantitative estimate of drug-likeness (QED) is 0.756. The molecule has 4 nitrogen and oxygen atoms in total. The minimum Gasteiger partial charge on any atom is -0.433 e. The van der Waals surface area contributed by atoms with E-state index in [1.807, 2.05) is 13.0 Å². The van der Waals surface area contributed by atoms with Gasteiger partial charge in [0, 0.05) is 0 Å². The van der Waals surface area contributed by atoms with Crippen molar-refractivity contribution in [2.45, 2.75) is 38.8 Å². The van der Waals surface area contributed by atoms with E-state index in [-0.39, 0.29) is 23.4 Å². The number of carbonyl (C=O) groups excluding carboxylic acids is 1. The maximum absolute atomic E-state index is 12.6. The molecule has 1 fully saturated rings. The smallest absolute Gasteiger partial charge is 0.387 e. The van der Waals surface area contributed by atoms with Gasteiger partial charge in [0.15, 0.2) is 0 Å². The maximum atomic E-state index is 12.6. The molecule has 0 saturated carbocycles. The largest absolute Gasteiger partial charge is 0.433 e.